The number of hydrogen-bond donors (Lipinski definition) is 2. The maximum atomic E-state index is 12.1. The average Bonchev–Trinajstić information content (AvgIpc) is 2.56. The van der Waals surface area contributed by atoms with Crippen molar-refractivity contribution in [3.8, 4) is 0 Å². The van der Waals surface area contributed by atoms with Gasteiger partial charge >= 0.3 is 0 Å². The summed E-state index contributed by atoms with van der Waals surface area (Å²) < 4.78 is 0.985. The minimum atomic E-state index is -0.840. The van der Waals surface area contributed by atoms with Crippen molar-refractivity contribution in [2.75, 3.05) is 33.7 Å². The van der Waals surface area contributed by atoms with E-state index in [2.05, 4.69) is 26.3 Å². The van der Waals surface area contributed by atoms with Crippen LogP contribution in [-0.4, -0.2) is 66.0 Å². The van der Waals surface area contributed by atoms with Crippen LogP contribution in [0.4, 0.5) is 0 Å². The van der Waals surface area contributed by atoms with E-state index in [0.29, 0.717) is 6.54 Å². The third-order valence-corrected chi connectivity index (χ3v) is 4.36. The van der Waals surface area contributed by atoms with Crippen molar-refractivity contribution < 1.29 is 14.4 Å². The van der Waals surface area contributed by atoms with Crippen LogP contribution < -0.4 is 5.32 Å². The Morgan fingerprint density at radius 1 is 1.19 bits per heavy atom. The molecule has 0 saturated carbocycles. The van der Waals surface area contributed by atoms with Gasteiger partial charge in [-0.05, 0) is 26.7 Å². The molecule has 5 nitrogen and oxygen atoms in total. The molecule has 5 heteroatoms. The van der Waals surface area contributed by atoms with E-state index in [-0.39, 0.29) is 5.91 Å². The fourth-order valence-corrected chi connectivity index (χ4v) is 2.90. The first-order chi connectivity index (χ1) is 9.69. The summed E-state index contributed by atoms with van der Waals surface area (Å²) in [5.41, 5.74) is -0.649. The molecule has 1 saturated heterocycles. The molecule has 1 aliphatic rings. The van der Waals surface area contributed by atoms with Gasteiger partial charge in [0, 0.05) is 13.0 Å². The fourth-order valence-electron chi connectivity index (χ4n) is 2.90. The average molecular weight is 300 g/mol. The molecule has 1 aliphatic heterocycles. The predicted molar refractivity (Wildman–Crippen MR) is 85.5 cm³/mol. The van der Waals surface area contributed by atoms with Gasteiger partial charge in [0.05, 0.1) is 32.7 Å². The Kier molecular flexibility index (Phi) is 6.63. The van der Waals surface area contributed by atoms with Crippen LogP contribution in [0.15, 0.2) is 0 Å². The van der Waals surface area contributed by atoms with Gasteiger partial charge in [-0.3, -0.25) is 10.1 Å². The summed E-state index contributed by atoms with van der Waals surface area (Å²) >= 11 is 0. The van der Waals surface area contributed by atoms with Gasteiger partial charge in [0.15, 0.2) is 6.35 Å². The highest BCUT2D eigenvalue weighted by atomic mass is 16.3. The number of rotatable bonds is 9. The maximum Gasteiger partial charge on any atom is 0.245 e. The summed E-state index contributed by atoms with van der Waals surface area (Å²) in [6, 6.07) is 0. The molecule has 1 amide bonds. The number of aliphatic hydroxyl groups is 1. The molecule has 2 N–H and O–H groups in total. The maximum absolute atomic E-state index is 12.1. The van der Waals surface area contributed by atoms with Gasteiger partial charge in [0.2, 0.25) is 5.91 Å². The van der Waals surface area contributed by atoms with Gasteiger partial charge in [-0.25, -0.2) is 0 Å². The molecule has 1 rings (SSSR count). The molecule has 1 atom stereocenters. The van der Waals surface area contributed by atoms with E-state index in [1.165, 1.54) is 32.2 Å². The van der Waals surface area contributed by atoms with E-state index in [9.17, 15) is 9.90 Å². The van der Waals surface area contributed by atoms with Gasteiger partial charge in [-0.1, -0.05) is 19.8 Å². The summed E-state index contributed by atoms with van der Waals surface area (Å²) in [6.45, 7) is 8.68. The van der Waals surface area contributed by atoms with Crippen molar-refractivity contribution in [1.82, 2.24) is 10.2 Å². The molecule has 0 radical (unpaired) electrons. The van der Waals surface area contributed by atoms with Crippen molar-refractivity contribution in [3.05, 3.63) is 0 Å². The monoisotopic (exact) mass is 300 g/mol. The highest BCUT2D eigenvalue weighted by Gasteiger charge is 2.43. The van der Waals surface area contributed by atoms with Gasteiger partial charge in [0.25, 0.3) is 0 Å². The number of quaternary nitrogens is 1. The standard InChI is InChI=1S/C16H34N3O2/c1-6-7-8-9-12-19(4,5)13-10-11-18-14(20)16(2,3)17-15(18)21/h15,17,21H,6-13H2,1-5H3/q+1. The van der Waals surface area contributed by atoms with Gasteiger partial charge in [-0.2, -0.15) is 0 Å². The Bertz CT molecular complexity index is 342. The van der Waals surface area contributed by atoms with E-state index in [1.807, 2.05) is 13.8 Å². The molecule has 124 valence electrons. The first kappa shape index (κ1) is 18.4. The first-order valence-electron chi connectivity index (χ1n) is 8.28. The summed E-state index contributed by atoms with van der Waals surface area (Å²) in [7, 11) is 4.49. The van der Waals surface area contributed by atoms with Crippen molar-refractivity contribution in [2.45, 2.75) is 64.8 Å². The second-order valence-corrected chi connectivity index (χ2v) is 7.44. The molecule has 0 aliphatic carbocycles. The molecule has 1 heterocycles. The molecule has 0 aromatic heterocycles. The van der Waals surface area contributed by atoms with E-state index in [1.54, 1.807) is 4.90 Å². The highest BCUT2D eigenvalue weighted by Crippen LogP contribution is 2.19. The molecule has 0 bridgehead atoms. The highest BCUT2D eigenvalue weighted by molar-refractivity contribution is 5.87. The lowest BCUT2D eigenvalue weighted by Crippen LogP contribution is -2.44. The van der Waals surface area contributed by atoms with E-state index in [0.717, 1.165) is 17.4 Å². The number of amides is 1. The largest absolute Gasteiger partial charge is 0.361 e. The second-order valence-electron chi connectivity index (χ2n) is 7.44. The SMILES string of the molecule is CCCCCC[N+](C)(C)CCCN1C(=O)C(C)(C)NC1O. The zero-order valence-electron chi connectivity index (χ0n) is 14.5. The number of hydrogen-bond acceptors (Lipinski definition) is 3. The van der Waals surface area contributed by atoms with Crippen LogP contribution in [-0.2, 0) is 4.79 Å². The van der Waals surface area contributed by atoms with Crippen LogP contribution in [0.2, 0.25) is 0 Å². The van der Waals surface area contributed by atoms with E-state index in [4.69, 9.17) is 0 Å². The Balaban J connectivity index is 2.31. The molecule has 1 fully saturated rings. The smallest absolute Gasteiger partial charge is 0.245 e. The van der Waals surface area contributed by atoms with Gasteiger partial charge in [0.1, 0.15) is 0 Å². The quantitative estimate of drug-likeness (QED) is 0.501. The van der Waals surface area contributed by atoms with Crippen LogP contribution >= 0.6 is 0 Å². The lowest BCUT2D eigenvalue weighted by Gasteiger charge is -2.31. The number of nitrogens with zero attached hydrogens (tertiary/aromatic N) is 2. The second kappa shape index (κ2) is 7.56. The molecule has 0 aromatic rings. The normalized spacial score (nSPS) is 22.1. The molecular weight excluding hydrogens is 266 g/mol. The van der Waals surface area contributed by atoms with Crippen molar-refractivity contribution >= 4 is 5.91 Å². The van der Waals surface area contributed by atoms with Crippen molar-refractivity contribution in [1.29, 1.82) is 0 Å². The summed E-state index contributed by atoms with van der Waals surface area (Å²) in [5, 5.41) is 12.8. The Labute approximate surface area is 129 Å². The number of nitrogens with one attached hydrogen (secondary N) is 1. The van der Waals surface area contributed by atoms with Crippen LogP contribution in [0.1, 0.15) is 52.9 Å². The topological polar surface area (TPSA) is 52.6 Å². The lowest BCUT2D eigenvalue weighted by molar-refractivity contribution is -0.890. The van der Waals surface area contributed by atoms with E-state index < -0.39 is 11.9 Å². The summed E-state index contributed by atoms with van der Waals surface area (Å²) in [4.78, 5) is 13.7. The Morgan fingerprint density at radius 3 is 2.33 bits per heavy atom. The number of unbranched alkanes of at least 4 members (excludes halogenated alkanes) is 3. The lowest BCUT2D eigenvalue weighted by atomic mass is 10.1. The van der Waals surface area contributed by atoms with Crippen LogP contribution in [0.5, 0.6) is 0 Å². The van der Waals surface area contributed by atoms with Gasteiger partial charge in [-0.15, -0.1) is 0 Å². The number of carbonyl (C=O) groups excluding carboxylic acids is 1. The molecule has 0 spiro atoms. The summed E-state index contributed by atoms with van der Waals surface area (Å²) in [6.07, 6.45) is 5.23. The third-order valence-electron chi connectivity index (χ3n) is 4.36. The zero-order chi connectivity index (χ0) is 16.1. The minimum Gasteiger partial charge on any atom is -0.361 e. The molecule has 1 unspecified atom stereocenters. The van der Waals surface area contributed by atoms with Crippen molar-refractivity contribution in [3.63, 3.8) is 0 Å². The zero-order valence-corrected chi connectivity index (χ0v) is 14.5. The van der Waals surface area contributed by atoms with Gasteiger partial charge < -0.3 is 14.5 Å². The number of aliphatic hydroxyl groups excluding tert-OH is 1. The Hall–Kier alpha value is -0.650. The first-order valence-corrected chi connectivity index (χ1v) is 8.28. The molecule has 21 heavy (non-hydrogen) atoms. The van der Waals surface area contributed by atoms with Crippen molar-refractivity contribution in [2.24, 2.45) is 0 Å². The fraction of sp³-hybridized carbons (Fsp3) is 0.938. The summed E-state index contributed by atoms with van der Waals surface area (Å²) in [5.74, 6) is -0.0109. The predicted octanol–water partition coefficient (Wildman–Crippen LogP) is 1.52. The van der Waals surface area contributed by atoms with Crippen LogP contribution in [0.3, 0.4) is 0 Å². The molecular formula is C16H34N3O2+. The van der Waals surface area contributed by atoms with Crippen LogP contribution in [0.25, 0.3) is 0 Å². The number of carbonyl (C=O) groups is 1. The third kappa shape index (κ3) is 5.57. The van der Waals surface area contributed by atoms with Crippen LogP contribution in [0, 0.1) is 0 Å². The molecule has 0 aromatic carbocycles. The minimum absolute atomic E-state index is 0.0109. The Morgan fingerprint density at radius 2 is 1.81 bits per heavy atom. The van der Waals surface area contributed by atoms with E-state index >= 15 is 0 Å².